The number of alkyl halides is 3. The molecule has 20 heavy (non-hydrogen) atoms. The lowest BCUT2D eigenvalue weighted by atomic mass is 10.1. The van der Waals surface area contributed by atoms with E-state index in [4.69, 9.17) is 5.11 Å². The number of rotatable bonds is 1. The summed E-state index contributed by atoms with van der Waals surface area (Å²) in [6.45, 7) is 1.33. The monoisotopic (exact) mass is 287 g/mol. The van der Waals surface area contributed by atoms with Crippen LogP contribution in [0, 0.1) is 6.92 Å². The van der Waals surface area contributed by atoms with Gasteiger partial charge in [0, 0.05) is 5.39 Å². The number of aromatic amines is 1. The molecule has 8 heteroatoms. The minimum atomic E-state index is -4.53. The minimum Gasteiger partial charge on any atom is -0.449 e. The number of fused-ring (bicyclic) bond motifs is 1. The summed E-state index contributed by atoms with van der Waals surface area (Å²) in [5.41, 5.74) is -1.70. The van der Waals surface area contributed by atoms with Gasteiger partial charge in [0.1, 0.15) is 0 Å². The summed E-state index contributed by atoms with van der Waals surface area (Å²) in [5.74, 6) is -0.454. The minimum absolute atomic E-state index is 0.0317. The number of H-pyrrole nitrogens is 1. The van der Waals surface area contributed by atoms with Crippen molar-refractivity contribution in [3.05, 3.63) is 39.7 Å². The van der Waals surface area contributed by atoms with E-state index in [1.807, 2.05) is 0 Å². The lowest BCUT2D eigenvalue weighted by Gasteiger charge is -2.10. The molecule has 106 valence electrons. The molecule has 2 rings (SSSR count). The molecule has 1 aromatic carbocycles. The number of halogens is 3. The molecule has 1 heterocycles. The van der Waals surface area contributed by atoms with Crippen LogP contribution >= 0.6 is 0 Å². The maximum absolute atomic E-state index is 12.6. The van der Waals surface area contributed by atoms with Crippen molar-refractivity contribution in [1.82, 2.24) is 4.98 Å². The molecule has 0 unspecified atom stereocenters. The highest BCUT2D eigenvalue weighted by molar-refractivity contribution is 5.81. The first-order valence-corrected chi connectivity index (χ1v) is 5.35. The van der Waals surface area contributed by atoms with Crippen LogP contribution in [0.25, 0.3) is 10.9 Å². The fourth-order valence-electron chi connectivity index (χ4n) is 1.78. The van der Waals surface area contributed by atoms with Crippen molar-refractivity contribution >= 4 is 17.1 Å². The Hall–Kier alpha value is -2.51. The molecule has 0 aliphatic rings. The standard InChI is InChI=1S/C12H8F3NO4/c1-5-10(20-11(18)19)9(17)7-3-2-6(12(13,14)15)4-8(7)16-5/h2-4H,1H3,(H,16,17)(H,18,19). The molecule has 0 amide bonds. The summed E-state index contributed by atoms with van der Waals surface area (Å²) in [4.78, 5) is 25.0. The van der Waals surface area contributed by atoms with Crippen molar-refractivity contribution in [2.24, 2.45) is 0 Å². The van der Waals surface area contributed by atoms with Crippen molar-refractivity contribution in [1.29, 1.82) is 0 Å². The van der Waals surface area contributed by atoms with Gasteiger partial charge in [0.25, 0.3) is 0 Å². The van der Waals surface area contributed by atoms with Gasteiger partial charge in [-0.3, -0.25) is 4.79 Å². The molecule has 0 atom stereocenters. The fraction of sp³-hybridized carbons (Fsp3) is 0.167. The van der Waals surface area contributed by atoms with Gasteiger partial charge in [0.15, 0.2) is 0 Å². The van der Waals surface area contributed by atoms with Crippen LogP contribution in [0.4, 0.5) is 18.0 Å². The van der Waals surface area contributed by atoms with E-state index < -0.39 is 29.1 Å². The molecule has 5 nitrogen and oxygen atoms in total. The van der Waals surface area contributed by atoms with E-state index >= 15 is 0 Å². The first-order valence-electron chi connectivity index (χ1n) is 5.35. The SMILES string of the molecule is Cc1[nH]c2cc(C(F)(F)F)ccc2c(=O)c1OC(=O)O. The second-order valence-electron chi connectivity index (χ2n) is 4.03. The Kier molecular flexibility index (Phi) is 3.16. The number of nitrogens with one attached hydrogen (secondary N) is 1. The molecule has 0 spiro atoms. The third kappa shape index (κ3) is 2.44. The molecule has 1 aromatic heterocycles. The Morgan fingerprint density at radius 2 is 2.00 bits per heavy atom. The van der Waals surface area contributed by atoms with Gasteiger partial charge in [-0.25, -0.2) is 4.79 Å². The second-order valence-corrected chi connectivity index (χ2v) is 4.03. The van der Waals surface area contributed by atoms with Gasteiger partial charge in [-0.05, 0) is 25.1 Å². The first-order chi connectivity index (χ1) is 9.20. The third-order valence-corrected chi connectivity index (χ3v) is 2.65. The van der Waals surface area contributed by atoms with Gasteiger partial charge in [-0.1, -0.05) is 0 Å². The van der Waals surface area contributed by atoms with Crippen molar-refractivity contribution in [3.63, 3.8) is 0 Å². The summed E-state index contributed by atoms with van der Waals surface area (Å²) >= 11 is 0. The van der Waals surface area contributed by atoms with Crippen molar-refractivity contribution in [2.75, 3.05) is 0 Å². The molecule has 0 aliphatic carbocycles. The molecular weight excluding hydrogens is 279 g/mol. The average molecular weight is 287 g/mol. The molecule has 0 aliphatic heterocycles. The van der Waals surface area contributed by atoms with Crippen LogP contribution in [0.5, 0.6) is 5.75 Å². The largest absolute Gasteiger partial charge is 0.511 e. The Bertz CT molecular complexity index is 749. The van der Waals surface area contributed by atoms with E-state index in [0.717, 1.165) is 18.2 Å². The Balaban J connectivity index is 2.70. The maximum Gasteiger partial charge on any atom is 0.511 e. The van der Waals surface area contributed by atoms with E-state index in [1.165, 1.54) is 6.92 Å². The van der Waals surface area contributed by atoms with Crippen LogP contribution in [0.15, 0.2) is 23.0 Å². The molecular formula is C12H8F3NO4. The third-order valence-electron chi connectivity index (χ3n) is 2.65. The zero-order valence-corrected chi connectivity index (χ0v) is 10.0. The lowest BCUT2D eigenvalue weighted by molar-refractivity contribution is -0.137. The number of aromatic nitrogens is 1. The molecule has 2 aromatic rings. The topological polar surface area (TPSA) is 79.4 Å². The molecule has 0 saturated carbocycles. The predicted molar refractivity (Wildman–Crippen MR) is 63.0 cm³/mol. The number of hydrogen-bond donors (Lipinski definition) is 2. The number of carboxylic acid groups (broad SMARTS) is 1. The quantitative estimate of drug-likeness (QED) is 0.790. The van der Waals surface area contributed by atoms with Crippen molar-refractivity contribution in [3.8, 4) is 5.75 Å². The zero-order valence-electron chi connectivity index (χ0n) is 10.0. The Morgan fingerprint density at radius 1 is 1.35 bits per heavy atom. The highest BCUT2D eigenvalue weighted by Crippen LogP contribution is 2.31. The van der Waals surface area contributed by atoms with Crippen LogP contribution in [-0.2, 0) is 6.18 Å². The number of carbonyl (C=O) groups is 1. The molecule has 0 fully saturated rings. The second kappa shape index (κ2) is 4.55. The smallest absolute Gasteiger partial charge is 0.449 e. The van der Waals surface area contributed by atoms with E-state index in [-0.39, 0.29) is 16.6 Å². The van der Waals surface area contributed by atoms with Crippen LogP contribution < -0.4 is 10.2 Å². The average Bonchev–Trinajstić information content (AvgIpc) is 2.32. The summed E-state index contributed by atoms with van der Waals surface area (Å²) in [5, 5.41) is 8.43. The van der Waals surface area contributed by atoms with Crippen LogP contribution in [0.2, 0.25) is 0 Å². The number of pyridine rings is 1. The van der Waals surface area contributed by atoms with Crippen LogP contribution in [0.1, 0.15) is 11.3 Å². The van der Waals surface area contributed by atoms with Gasteiger partial charge >= 0.3 is 12.3 Å². The lowest BCUT2D eigenvalue weighted by Crippen LogP contribution is -2.16. The summed E-state index contributed by atoms with van der Waals surface area (Å²) < 4.78 is 42.1. The van der Waals surface area contributed by atoms with Crippen LogP contribution in [-0.4, -0.2) is 16.2 Å². The summed E-state index contributed by atoms with van der Waals surface area (Å²) in [6.07, 6.45) is -6.21. The van der Waals surface area contributed by atoms with Gasteiger partial charge < -0.3 is 14.8 Å². The number of ether oxygens (including phenoxy) is 1. The Morgan fingerprint density at radius 3 is 2.55 bits per heavy atom. The fourth-order valence-corrected chi connectivity index (χ4v) is 1.78. The maximum atomic E-state index is 12.6. The van der Waals surface area contributed by atoms with Crippen LogP contribution in [0.3, 0.4) is 0 Å². The van der Waals surface area contributed by atoms with E-state index in [1.54, 1.807) is 0 Å². The molecule has 0 radical (unpaired) electrons. The van der Waals surface area contributed by atoms with Crippen molar-refractivity contribution < 1.29 is 27.8 Å². The van der Waals surface area contributed by atoms with E-state index in [0.29, 0.717) is 0 Å². The van der Waals surface area contributed by atoms with Gasteiger partial charge in [-0.2, -0.15) is 13.2 Å². The number of benzene rings is 1. The van der Waals surface area contributed by atoms with Gasteiger partial charge in [0.05, 0.1) is 16.8 Å². The predicted octanol–water partition coefficient (Wildman–Crippen LogP) is 2.91. The zero-order chi connectivity index (χ0) is 15.1. The normalized spacial score (nSPS) is 11.6. The van der Waals surface area contributed by atoms with E-state index in [2.05, 4.69) is 9.72 Å². The van der Waals surface area contributed by atoms with Gasteiger partial charge in [-0.15, -0.1) is 0 Å². The highest BCUT2D eigenvalue weighted by Gasteiger charge is 2.30. The van der Waals surface area contributed by atoms with Crippen molar-refractivity contribution in [2.45, 2.75) is 13.1 Å². The van der Waals surface area contributed by atoms with Gasteiger partial charge in [0.2, 0.25) is 11.2 Å². The van der Waals surface area contributed by atoms with E-state index in [9.17, 15) is 22.8 Å². The summed E-state index contributed by atoms with van der Waals surface area (Å²) in [6, 6.07) is 2.51. The summed E-state index contributed by atoms with van der Waals surface area (Å²) in [7, 11) is 0. The Labute approximate surface area is 109 Å². The molecule has 2 N–H and O–H groups in total. The first kappa shape index (κ1) is 13.9. The number of aryl methyl sites for hydroxylation is 1. The number of hydrogen-bond acceptors (Lipinski definition) is 3. The molecule has 0 saturated heterocycles. The molecule has 0 bridgehead atoms. The highest BCUT2D eigenvalue weighted by atomic mass is 19.4.